The Morgan fingerprint density at radius 3 is 1.23 bits per heavy atom. The van der Waals surface area contributed by atoms with Crippen molar-refractivity contribution in [2.75, 3.05) is 0 Å². The molecule has 5 heteroatoms. The molecule has 0 aliphatic heterocycles. The Morgan fingerprint density at radius 1 is 0.467 bits per heavy atom. The fraction of sp³-hybridized carbons (Fsp3) is 0. The summed E-state index contributed by atoms with van der Waals surface area (Å²) in [6, 6.07) is 24.3. The van der Waals surface area contributed by atoms with E-state index in [9.17, 15) is 13.6 Å². The summed E-state index contributed by atoms with van der Waals surface area (Å²) in [6.45, 7) is 0. The summed E-state index contributed by atoms with van der Waals surface area (Å²) in [6.07, 6.45) is 0. The van der Waals surface area contributed by atoms with Crippen LogP contribution in [0.2, 0.25) is 0 Å². The number of carbonyl (C=O) groups is 1. The van der Waals surface area contributed by atoms with E-state index in [1.165, 1.54) is 47.8 Å². The maximum absolute atomic E-state index is 13.1. The first-order valence-corrected chi connectivity index (χ1v) is 10.9. The number of hydrogen-bond donors (Lipinski definition) is 0. The van der Waals surface area contributed by atoms with Gasteiger partial charge in [0.2, 0.25) is 0 Å². The molecule has 5 rings (SSSR count). The number of fused-ring (bicyclic) bond motifs is 3. The molecule has 0 aromatic heterocycles. The summed E-state index contributed by atoms with van der Waals surface area (Å²) in [4.78, 5) is 16.8. The van der Waals surface area contributed by atoms with Crippen LogP contribution in [0.3, 0.4) is 0 Å². The Morgan fingerprint density at radius 2 is 0.833 bits per heavy atom. The molecular formula is C25H14F2OS2. The highest BCUT2D eigenvalue weighted by atomic mass is 32.2. The van der Waals surface area contributed by atoms with Crippen molar-refractivity contribution in [2.24, 2.45) is 0 Å². The van der Waals surface area contributed by atoms with Crippen molar-refractivity contribution in [1.82, 2.24) is 0 Å². The Labute approximate surface area is 181 Å². The average Bonchev–Trinajstić information content (AvgIpc) is 3.03. The van der Waals surface area contributed by atoms with Gasteiger partial charge >= 0.3 is 0 Å². The van der Waals surface area contributed by atoms with Crippen molar-refractivity contribution in [3.63, 3.8) is 0 Å². The lowest BCUT2D eigenvalue weighted by atomic mass is 10.1. The van der Waals surface area contributed by atoms with Gasteiger partial charge in [0.1, 0.15) is 11.6 Å². The van der Waals surface area contributed by atoms with E-state index < -0.39 is 0 Å². The molecule has 0 heterocycles. The van der Waals surface area contributed by atoms with Crippen LogP contribution in [-0.4, -0.2) is 5.78 Å². The second kappa shape index (κ2) is 7.74. The fourth-order valence-corrected chi connectivity index (χ4v) is 5.16. The number of halogens is 2. The first kappa shape index (κ1) is 19.1. The number of hydrogen-bond acceptors (Lipinski definition) is 3. The van der Waals surface area contributed by atoms with Crippen LogP contribution in [0.4, 0.5) is 8.78 Å². The molecular weight excluding hydrogens is 418 g/mol. The van der Waals surface area contributed by atoms with Crippen molar-refractivity contribution >= 4 is 29.3 Å². The van der Waals surface area contributed by atoms with Crippen LogP contribution in [0.15, 0.2) is 105 Å². The zero-order valence-corrected chi connectivity index (χ0v) is 17.2. The zero-order chi connectivity index (χ0) is 20.7. The van der Waals surface area contributed by atoms with Crippen LogP contribution in [0.25, 0.3) is 11.1 Å². The van der Waals surface area contributed by atoms with Crippen LogP contribution >= 0.6 is 23.5 Å². The second-order valence-electron chi connectivity index (χ2n) is 6.86. The van der Waals surface area contributed by atoms with Crippen molar-refractivity contribution in [2.45, 2.75) is 19.6 Å². The van der Waals surface area contributed by atoms with Crippen LogP contribution in [0, 0.1) is 11.6 Å². The van der Waals surface area contributed by atoms with Crippen molar-refractivity contribution < 1.29 is 13.6 Å². The van der Waals surface area contributed by atoms with Gasteiger partial charge in [-0.05, 0) is 83.9 Å². The third-order valence-corrected chi connectivity index (χ3v) is 6.86. The maximum atomic E-state index is 13.1. The normalized spacial score (nSPS) is 12.0. The molecule has 0 N–H and O–H groups in total. The van der Waals surface area contributed by atoms with E-state index in [2.05, 4.69) is 0 Å². The molecule has 1 nitrogen and oxygen atoms in total. The number of carbonyl (C=O) groups excluding carboxylic acids is 1. The molecule has 4 aromatic carbocycles. The Hall–Kier alpha value is -2.89. The summed E-state index contributed by atoms with van der Waals surface area (Å²) in [5.74, 6) is -0.537. The lowest BCUT2D eigenvalue weighted by Crippen LogP contribution is -1.95. The lowest BCUT2D eigenvalue weighted by Gasteiger charge is -2.05. The number of benzene rings is 4. The van der Waals surface area contributed by atoms with Crippen molar-refractivity contribution in [3.05, 3.63) is 108 Å². The molecule has 0 atom stereocenters. The van der Waals surface area contributed by atoms with Gasteiger partial charge in [-0.2, -0.15) is 0 Å². The Bertz CT molecular complexity index is 1170. The van der Waals surface area contributed by atoms with E-state index in [4.69, 9.17) is 0 Å². The highest BCUT2D eigenvalue weighted by Crippen LogP contribution is 2.41. The van der Waals surface area contributed by atoms with E-state index in [0.29, 0.717) is 11.1 Å². The van der Waals surface area contributed by atoms with E-state index in [-0.39, 0.29) is 17.4 Å². The van der Waals surface area contributed by atoms with Crippen LogP contribution in [0.5, 0.6) is 0 Å². The van der Waals surface area contributed by atoms with Gasteiger partial charge < -0.3 is 0 Å². The molecule has 0 spiro atoms. The molecule has 4 aromatic rings. The van der Waals surface area contributed by atoms with Gasteiger partial charge in [-0.15, -0.1) is 0 Å². The topological polar surface area (TPSA) is 17.1 Å². The minimum atomic E-state index is -0.270. The minimum absolute atomic E-state index is 0.00288. The highest BCUT2D eigenvalue weighted by Gasteiger charge is 2.27. The molecule has 1 aliphatic carbocycles. The molecule has 146 valence electrons. The smallest absolute Gasteiger partial charge is 0.194 e. The van der Waals surface area contributed by atoms with Crippen molar-refractivity contribution in [3.8, 4) is 11.1 Å². The molecule has 0 radical (unpaired) electrons. The Balaban J connectivity index is 1.42. The van der Waals surface area contributed by atoms with E-state index >= 15 is 0 Å². The molecule has 0 fully saturated rings. The summed E-state index contributed by atoms with van der Waals surface area (Å²) in [5, 5.41) is 0. The first-order valence-electron chi connectivity index (χ1n) is 9.27. The summed E-state index contributed by atoms with van der Waals surface area (Å²) >= 11 is 2.99. The quantitative estimate of drug-likeness (QED) is 0.293. The summed E-state index contributed by atoms with van der Waals surface area (Å²) in [7, 11) is 0. The van der Waals surface area contributed by atoms with Crippen LogP contribution < -0.4 is 0 Å². The second-order valence-corrected chi connectivity index (χ2v) is 9.15. The SMILES string of the molecule is O=C1c2cc(Sc3ccc(F)cc3)ccc2-c2ccc(Sc3ccc(F)cc3)cc21. The van der Waals surface area contributed by atoms with Gasteiger partial charge in [0.15, 0.2) is 5.78 Å². The molecule has 0 saturated carbocycles. The first-order chi connectivity index (χ1) is 14.6. The average molecular weight is 433 g/mol. The third-order valence-electron chi connectivity index (χ3n) is 4.86. The predicted molar refractivity (Wildman–Crippen MR) is 116 cm³/mol. The van der Waals surface area contributed by atoms with Gasteiger partial charge in [-0.25, -0.2) is 8.78 Å². The van der Waals surface area contributed by atoms with Crippen LogP contribution in [-0.2, 0) is 0 Å². The van der Waals surface area contributed by atoms with E-state index in [1.807, 2.05) is 36.4 Å². The largest absolute Gasteiger partial charge is 0.289 e. The Kier molecular flexibility index (Phi) is 4.93. The molecule has 30 heavy (non-hydrogen) atoms. The maximum Gasteiger partial charge on any atom is 0.194 e. The van der Waals surface area contributed by atoms with Gasteiger partial charge in [-0.1, -0.05) is 35.7 Å². The van der Waals surface area contributed by atoms with Gasteiger partial charge in [0.25, 0.3) is 0 Å². The fourth-order valence-electron chi connectivity index (χ4n) is 3.44. The minimum Gasteiger partial charge on any atom is -0.289 e. The van der Waals surface area contributed by atoms with E-state index in [0.717, 1.165) is 30.7 Å². The molecule has 1 aliphatic rings. The molecule has 0 bridgehead atoms. The van der Waals surface area contributed by atoms with Crippen molar-refractivity contribution in [1.29, 1.82) is 0 Å². The van der Waals surface area contributed by atoms with Crippen LogP contribution in [0.1, 0.15) is 15.9 Å². The third kappa shape index (κ3) is 3.66. The lowest BCUT2D eigenvalue weighted by molar-refractivity contribution is 0.104. The van der Waals surface area contributed by atoms with Gasteiger partial charge in [0, 0.05) is 30.7 Å². The summed E-state index contributed by atoms with van der Waals surface area (Å²) in [5.41, 5.74) is 3.22. The van der Waals surface area contributed by atoms with Gasteiger partial charge in [-0.3, -0.25) is 4.79 Å². The monoisotopic (exact) mass is 432 g/mol. The van der Waals surface area contributed by atoms with Gasteiger partial charge in [0.05, 0.1) is 0 Å². The summed E-state index contributed by atoms with van der Waals surface area (Å²) < 4.78 is 26.2. The number of rotatable bonds is 4. The molecule has 0 unspecified atom stereocenters. The predicted octanol–water partition coefficient (Wildman–Crippen LogP) is 7.48. The molecule has 0 saturated heterocycles. The zero-order valence-electron chi connectivity index (χ0n) is 15.6. The highest BCUT2D eigenvalue weighted by molar-refractivity contribution is 7.99. The standard InChI is InChI=1S/C25H14F2OS2/c26-15-1-5-17(6-2-15)29-19-9-11-21-22-12-10-20(14-24(22)25(28)23(21)13-19)30-18-7-3-16(27)4-8-18/h1-14H. The van der Waals surface area contributed by atoms with E-state index in [1.54, 1.807) is 24.3 Å². The molecule has 0 amide bonds. The number of ketones is 1.